The summed E-state index contributed by atoms with van der Waals surface area (Å²) < 4.78 is 0. The van der Waals surface area contributed by atoms with Crippen LogP contribution in [0.2, 0.25) is 0 Å². The van der Waals surface area contributed by atoms with E-state index in [4.69, 9.17) is 0 Å². The normalized spacial score (nSPS) is 18.7. The number of aromatic nitrogens is 1. The zero-order valence-electron chi connectivity index (χ0n) is 19.3. The Morgan fingerprint density at radius 2 is 1.57 bits per heavy atom. The van der Waals surface area contributed by atoms with Crippen molar-refractivity contribution in [2.75, 3.05) is 37.7 Å². The molecule has 0 aliphatic carbocycles. The maximum absolute atomic E-state index is 13.5. The predicted octanol–water partition coefficient (Wildman–Crippen LogP) is 3.24. The number of anilines is 1. The number of carbonyl (C=O) groups is 2. The van der Waals surface area contributed by atoms with Crippen LogP contribution in [-0.2, 0) is 11.3 Å². The number of rotatable bonds is 6. The average molecular weight is 467 g/mol. The molecular weight excluding hydrogens is 440 g/mol. The van der Waals surface area contributed by atoms with Gasteiger partial charge in [-0.15, -0.1) is 0 Å². The van der Waals surface area contributed by atoms with Crippen molar-refractivity contribution in [2.24, 2.45) is 0 Å². The van der Waals surface area contributed by atoms with Crippen LogP contribution in [-0.4, -0.2) is 64.5 Å². The van der Waals surface area contributed by atoms with Crippen LogP contribution in [0.5, 0.6) is 0 Å². The summed E-state index contributed by atoms with van der Waals surface area (Å²) in [5, 5.41) is 9.39. The average Bonchev–Trinajstić information content (AvgIpc) is 3.14. The van der Waals surface area contributed by atoms with Crippen LogP contribution in [0.4, 0.5) is 10.6 Å². The van der Waals surface area contributed by atoms with Gasteiger partial charge in [-0.3, -0.25) is 9.69 Å². The van der Waals surface area contributed by atoms with Gasteiger partial charge in [0.2, 0.25) is 0 Å². The molecule has 35 heavy (non-hydrogen) atoms. The van der Waals surface area contributed by atoms with Gasteiger partial charge in [0.1, 0.15) is 17.9 Å². The molecule has 3 heterocycles. The van der Waals surface area contributed by atoms with Crippen molar-refractivity contribution in [1.29, 1.82) is 5.26 Å². The molecule has 2 aliphatic rings. The van der Waals surface area contributed by atoms with Gasteiger partial charge in [0.25, 0.3) is 5.91 Å². The largest absolute Gasteiger partial charge is 0.353 e. The minimum absolute atomic E-state index is 0.198. The van der Waals surface area contributed by atoms with Gasteiger partial charge in [0.15, 0.2) is 0 Å². The monoisotopic (exact) mass is 466 g/mol. The number of benzene rings is 2. The first-order valence-corrected chi connectivity index (χ1v) is 11.7. The van der Waals surface area contributed by atoms with E-state index in [9.17, 15) is 14.9 Å². The van der Waals surface area contributed by atoms with Crippen molar-refractivity contribution < 1.29 is 9.59 Å². The predicted molar refractivity (Wildman–Crippen MR) is 131 cm³/mol. The highest BCUT2D eigenvalue weighted by atomic mass is 16.2. The molecule has 0 N–H and O–H groups in total. The lowest BCUT2D eigenvalue weighted by molar-refractivity contribution is -0.130. The Balaban J connectivity index is 1.31. The van der Waals surface area contributed by atoms with Crippen molar-refractivity contribution >= 4 is 17.8 Å². The zero-order chi connectivity index (χ0) is 24.2. The lowest BCUT2D eigenvalue weighted by atomic mass is 10.1. The second-order valence-corrected chi connectivity index (χ2v) is 8.71. The summed E-state index contributed by atoms with van der Waals surface area (Å²) in [6.45, 7) is 3.26. The van der Waals surface area contributed by atoms with E-state index < -0.39 is 6.04 Å². The lowest BCUT2D eigenvalue weighted by Gasteiger charge is -2.36. The van der Waals surface area contributed by atoms with Gasteiger partial charge in [-0.2, -0.15) is 5.26 Å². The molecule has 3 aromatic rings. The van der Waals surface area contributed by atoms with Crippen molar-refractivity contribution in [3.8, 4) is 6.07 Å². The van der Waals surface area contributed by atoms with E-state index in [0.29, 0.717) is 44.1 Å². The molecule has 3 amide bonds. The highest BCUT2D eigenvalue weighted by molar-refractivity contribution is 6.04. The molecule has 2 saturated heterocycles. The summed E-state index contributed by atoms with van der Waals surface area (Å²) in [5.41, 5.74) is 2.34. The molecule has 0 spiro atoms. The molecule has 1 atom stereocenters. The second-order valence-electron chi connectivity index (χ2n) is 8.71. The van der Waals surface area contributed by atoms with E-state index in [-0.39, 0.29) is 18.6 Å². The Bertz CT molecular complexity index is 1240. The second kappa shape index (κ2) is 9.95. The van der Waals surface area contributed by atoms with Crippen LogP contribution in [0.25, 0.3) is 0 Å². The summed E-state index contributed by atoms with van der Waals surface area (Å²) in [6.07, 6.45) is 1.69. The smallest absolute Gasteiger partial charge is 0.329 e. The number of hydrogen-bond donors (Lipinski definition) is 0. The summed E-state index contributed by atoms with van der Waals surface area (Å²) >= 11 is 0. The van der Waals surface area contributed by atoms with Gasteiger partial charge < -0.3 is 9.80 Å². The number of urea groups is 1. The van der Waals surface area contributed by atoms with Crippen LogP contribution < -0.4 is 4.90 Å². The molecule has 0 radical (unpaired) electrons. The number of amides is 3. The van der Waals surface area contributed by atoms with Crippen LogP contribution >= 0.6 is 0 Å². The summed E-state index contributed by atoms with van der Waals surface area (Å²) in [5.74, 6) is 0.484. The standard InChI is InChI=1S/C27H26N6O2/c28-18-23-12-7-13-29-25(23)31-16-14-30(15-17-31)20-33-26(34)24(22-10-5-2-6-11-22)32(27(33)35)19-21-8-3-1-4-9-21/h1-13,24H,14-17,19-20H2. The van der Waals surface area contributed by atoms with E-state index in [0.717, 1.165) is 11.1 Å². The van der Waals surface area contributed by atoms with Crippen molar-refractivity contribution in [2.45, 2.75) is 12.6 Å². The van der Waals surface area contributed by atoms with Crippen LogP contribution in [0.15, 0.2) is 79.0 Å². The highest BCUT2D eigenvalue weighted by Crippen LogP contribution is 2.33. The molecule has 2 aliphatic heterocycles. The molecule has 5 rings (SSSR count). The molecule has 2 aromatic carbocycles. The van der Waals surface area contributed by atoms with E-state index >= 15 is 0 Å². The molecule has 2 fully saturated rings. The first-order valence-electron chi connectivity index (χ1n) is 11.7. The van der Waals surface area contributed by atoms with Crippen LogP contribution in [0, 0.1) is 11.3 Å². The van der Waals surface area contributed by atoms with Gasteiger partial charge >= 0.3 is 6.03 Å². The SMILES string of the molecule is N#Cc1cccnc1N1CCN(CN2C(=O)C(c3ccccc3)N(Cc3ccccc3)C2=O)CC1. The van der Waals surface area contributed by atoms with E-state index in [1.165, 1.54) is 4.90 Å². The summed E-state index contributed by atoms with van der Waals surface area (Å²) in [6, 6.07) is 24.0. The molecule has 1 unspecified atom stereocenters. The number of nitriles is 1. The molecule has 1 aromatic heterocycles. The van der Waals surface area contributed by atoms with E-state index in [1.807, 2.05) is 60.7 Å². The van der Waals surface area contributed by atoms with Gasteiger partial charge in [-0.25, -0.2) is 14.7 Å². The Morgan fingerprint density at radius 1 is 0.886 bits per heavy atom. The number of nitrogens with zero attached hydrogens (tertiary/aromatic N) is 6. The third-order valence-corrected chi connectivity index (χ3v) is 6.52. The van der Waals surface area contributed by atoms with Crippen LogP contribution in [0.1, 0.15) is 22.7 Å². The topological polar surface area (TPSA) is 83.8 Å². The molecular formula is C27H26N6O2. The number of piperazine rings is 1. The maximum atomic E-state index is 13.5. The van der Waals surface area contributed by atoms with Crippen molar-refractivity contribution in [3.63, 3.8) is 0 Å². The van der Waals surface area contributed by atoms with Gasteiger partial charge in [-0.05, 0) is 23.3 Å². The number of imide groups is 1. The van der Waals surface area contributed by atoms with Crippen molar-refractivity contribution in [3.05, 3.63) is 95.7 Å². The number of carbonyl (C=O) groups excluding carboxylic acids is 2. The van der Waals surface area contributed by atoms with Gasteiger partial charge in [0.05, 0.1) is 12.2 Å². The Labute approximate surface area is 204 Å². The van der Waals surface area contributed by atoms with E-state index in [2.05, 4.69) is 20.9 Å². The van der Waals surface area contributed by atoms with E-state index in [1.54, 1.807) is 23.2 Å². The first kappa shape index (κ1) is 22.6. The van der Waals surface area contributed by atoms with Gasteiger partial charge in [0, 0.05) is 38.9 Å². The zero-order valence-corrected chi connectivity index (χ0v) is 19.3. The number of hydrogen-bond acceptors (Lipinski definition) is 6. The molecule has 8 heteroatoms. The number of pyridine rings is 1. The molecule has 8 nitrogen and oxygen atoms in total. The Morgan fingerprint density at radius 3 is 2.26 bits per heavy atom. The maximum Gasteiger partial charge on any atom is 0.329 e. The minimum atomic E-state index is -0.642. The minimum Gasteiger partial charge on any atom is -0.353 e. The highest BCUT2D eigenvalue weighted by Gasteiger charge is 2.46. The summed E-state index contributed by atoms with van der Waals surface area (Å²) in [4.78, 5) is 38.6. The fraction of sp³-hybridized carbons (Fsp3) is 0.259. The molecule has 176 valence electrons. The first-order chi connectivity index (χ1) is 17.2. The third kappa shape index (κ3) is 4.59. The van der Waals surface area contributed by atoms with Crippen LogP contribution in [0.3, 0.4) is 0 Å². The Hall–Kier alpha value is -4.22. The summed E-state index contributed by atoms with van der Waals surface area (Å²) in [7, 11) is 0. The fourth-order valence-electron chi connectivity index (χ4n) is 4.71. The third-order valence-electron chi connectivity index (χ3n) is 6.52. The molecule has 0 saturated carbocycles. The van der Waals surface area contributed by atoms with Gasteiger partial charge in [-0.1, -0.05) is 60.7 Å². The molecule has 0 bridgehead atoms. The van der Waals surface area contributed by atoms with Crippen molar-refractivity contribution in [1.82, 2.24) is 19.7 Å². The Kier molecular flexibility index (Phi) is 6.42. The quantitative estimate of drug-likeness (QED) is 0.519. The fourth-order valence-corrected chi connectivity index (χ4v) is 4.71. The lowest BCUT2D eigenvalue weighted by Crippen LogP contribution is -2.51.